The lowest BCUT2D eigenvalue weighted by Crippen LogP contribution is -2.25. The van der Waals surface area contributed by atoms with E-state index >= 15 is 0 Å². The molecule has 0 saturated carbocycles. The molecule has 3 nitrogen and oxygen atoms in total. The molecule has 2 aliphatic rings. The predicted octanol–water partition coefficient (Wildman–Crippen LogP) is 12.6. The number of nitrogens with zero attached hydrogens (tertiary/aromatic N) is 3. The topological polar surface area (TPSA) is 38.7 Å². The second kappa shape index (κ2) is 12.4. The Labute approximate surface area is 320 Å². The minimum absolute atomic E-state index is 0.449. The van der Waals surface area contributed by atoms with Crippen LogP contribution < -0.4 is 0 Å². The fraction of sp³-hybridized carbons (Fsp3) is 0.0192. The van der Waals surface area contributed by atoms with Crippen LogP contribution in [0, 0.1) is 0 Å². The fourth-order valence-electron chi connectivity index (χ4n) is 9.02. The Morgan fingerprint density at radius 1 is 0.255 bits per heavy atom. The summed E-state index contributed by atoms with van der Waals surface area (Å²) < 4.78 is 0. The first-order chi connectivity index (χ1) is 27.3. The third-order valence-corrected chi connectivity index (χ3v) is 11.4. The lowest BCUT2D eigenvalue weighted by Gasteiger charge is -2.30. The van der Waals surface area contributed by atoms with E-state index in [-0.39, 0.29) is 0 Å². The standard InChI is InChI=1S/C52H33N3/c1-3-16-34(17-4-1)36-20-13-21-37(32-36)38-22-14-23-39(33-38)50-53-49(35-18-5-2-6-19-35)54-51(55-50)43-27-15-31-47-48(43)42-26-9-12-30-46(42)52(47)44-28-10-7-24-40(44)41-25-8-11-29-45(41)52/h1-33H. The molecule has 2 aliphatic carbocycles. The maximum Gasteiger partial charge on any atom is 0.164 e. The molecular formula is C52H33N3. The van der Waals surface area contributed by atoms with Gasteiger partial charge in [-0.2, -0.15) is 0 Å². The molecule has 1 heterocycles. The molecule has 0 radical (unpaired) electrons. The summed E-state index contributed by atoms with van der Waals surface area (Å²) in [4.78, 5) is 15.7. The van der Waals surface area contributed by atoms with Crippen LogP contribution in [0.1, 0.15) is 22.3 Å². The normalized spacial score (nSPS) is 12.9. The van der Waals surface area contributed by atoms with Crippen molar-refractivity contribution in [2.75, 3.05) is 0 Å². The molecule has 0 amide bonds. The Morgan fingerprint density at radius 2 is 0.636 bits per heavy atom. The molecule has 11 rings (SSSR count). The van der Waals surface area contributed by atoms with E-state index in [1.807, 2.05) is 18.2 Å². The van der Waals surface area contributed by atoms with Gasteiger partial charge >= 0.3 is 0 Å². The van der Waals surface area contributed by atoms with Crippen molar-refractivity contribution in [3.05, 3.63) is 222 Å². The van der Waals surface area contributed by atoms with Gasteiger partial charge in [-0.3, -0.25) is 0 Å². The molecule has 0 saturated heterocycles. The SMILES string of the molecule is c1ccc(-c2cccc(-c3cccc(-c4nc(-c5ccccc5)nc(-c5cccc6c5-c5ccccc5C65c6ccccc6-c6ccccc65)n4)c3)c2)cc1. The molecule has 8 aromatic carbocycles. The van der Waals surface area contributed by atoms with Crippen LogP contribution in [0.2, 0.25) is 0 Å². The summed E-state index contributed by atoms with van der Waals surface area (Å²) in [5.41, 5.74) is 17.2. The third-order valence-electron chi connectivity index (χ3n) is 11.4. The average Bonchev–Trinajstić information content (AvgIpc) is 3.75. The zero-order valence-electron chi connectivity index (χ0n) is 29.9. The van der Waals surface area contributed by atoms with E-state index in [0.29, 0.717) is 17.5 Å². The van der Waals surface area contributed by atoms with Crippen molar-refractivity contribution in [2.45, 2.75) is 5.41 Å². The number of benzene rings is 8. The number of fused-ring (bicyclic) bond motifs is 10. The van der Waals surface area contributed by atoms with E-state index in [0.717, 1.165) is 27.8 Å². The Balaban J connectivity index is 1.12. The molecule has 55 heavy (non-hydrogen) atoms. The Bertz CT molecular complexity index is 2890. The highest BCUT2D eigenvalue weighted by Gasteiger charge is 2.52. The highest BCUT2D eigenvalue weighted by molar-refractivity contribution is 5.99. The first-order valence-corrected chi connectivity index (χ1v) is 18.8. The summed E-state index contributed by atoms with van der Waals surface area (Å²) in [6.45, 7) is 0. The average molecular weight is 700 g/mol. The first kappa shape index (κ1) is 31.3. The van der Waals surface area contributed by atoms with Gasteiger partial charge in [-0.15, -0.1) is 0 Å². The second-order valence-electron chi connectivity index (χ2n) is 14.3. The van der Waals surface area contributed by atoms with Crippen molar-refractivity contribution in [1.29, 1.82) is 0 Å². The van der Waals surface area contributed by atoms with Crippen molar-refractivity contribution >= 4 is 0 Å². The zero-order valence-corrected chi connectivity index (χ0v) is 29.9. The minimum Gasteiger partial charge on any atom is -0.208 e. The highest BCUT2D eigenvalue weighted by Crippen LogP contribution is 2.63. The number of hydrogen-bond acceptors (Lipinski definition) is 3. The van der Waals surface area contributed by atoms with Crippen LogP contribution in [-0.2, 0) is 5.41 Å². The Hall–Kier alpha value is -7.23. The molecule has 0 unspecified atom stereocenters. The summed E-state index contributed by atoms with van der Waals surface area (Å²) in [7, 11) is 0. The molecule has 0 fully saturated rings. The number of rotatable bonds is 5. The summed E-state index contributed by atoms with van der Waals surface area (Å²) in [5.74, 6) is 1.94. The molecule has 0 N–H and O–H groups in total. The van der Waals surface area contributed by atoms with Crippen molar-refractivity contribution < 1.29 is 0 Å². The third kappa shape index (κ3) is 4.80. The largest absolute Gasteiger partial charge is 0.208 e. The van der Waals surface area contributed by atoms with Gasteiger partial charge in [0.1, 0.15) is 0 Å². The molecule has 1 spiro atoms. The van der Waals surface area contributed by atoms with Gasteiger partial charge in [0.25, 0.3) is 0 Å². The highest BCUT2D eigenvalue weighted by atomic mass is 15.0. The maximum absolute atomic E-state index is 5.33. The van der Waals surface area contributed by atoms with Crippen molar-refractivity contribution in [3.63, 3.8) is 0 Å². The molecule has 256 valence electrons. The summed E-state index contributed by atoms with van der Waals surface area (Å²) in [6.07, 6.45) is 0. The number of aromatic nitrogens is 3. The van der Waals surface area contributed by atoms with Crippen LogP contribution in [0.15, 0.2) is 200 Å². The van der Waals surface area contributed by atoms with Crippen molar-refractivity contribution in [2.24, 2.45) is 0 Å². The lowest BCUT2D eigenvalue weighted by molar-refractivity contribution is 0.794. The van der Waals surface area contributed by atoms with E-state index in [4.69, 9.17) is 15.0 Å². The van der Waals surface area contributed by atoms with Gasteiger partial charge in [0.15, 0.2) is 17.5 Å². The fourth-order valence-corrected chi connectivity index (χ4v) is 9.02. The van der Waals surface area contributed by atoms with Crippen molar-refractivity contribution in [3.8, 4) is 78.7 Å². The second-order valence-corrected chi connectivity index (χ2v) is 14.3. The Morgan fingerprint density at radius 3 is 1.27 bits per heavy atom. The van der Waals surface area contributed by atoms with Crippen LogP contribution in [0.5, 0.6) is 0 Å². The molecule has 1 aromatic heterocycles. The summed E-state index contributed by atoms with van der Waals surface area (Å²) in [6, 6.07) is 71.4. The monoisotopic (exact) mass is 699 g/mol. The quantitative estimate of drug-likeness (QED) is 0.179. The van der Waals surface area contributed by atoms with Crippen molar-refractivity contribution in [1.82, 2.24) is 15.0 Å². The van der Waals surface area contributed by atoms with Gasteiger partial charge in [-0.1, -0.05) is 188 Å². The van der Waals surface area contributed by atoms with Gasteiger partial charge in [0.05, 0.1) is 5.41 Å². The molecule has 3 heteroatoms. The molecule has 9 aromatic rings. The van der Waals surface area contributed by atoms with Crippen LogP contribution in [0.4, 0.5) is 0 Å². The van der Waals surface area contributed by atoms with E-state index in [9.17, 15) is 0 Å². The van der Waals surface area contributed by atoms with Gasteiger partial charge in [-0.05, 0) is 78.9 Å². The zero-order chi connectivity index (χ0) is 36.3. The van der Waals surface area contributed by atoms with E-state index in [1.165, 1.54) is 55.6 Å². The van der Waals surface area contributed by atoms with Crippen LogP contribution in [-0.4, -0.2) is 15.0 Å². The first-order valence-electron chi connectivity index (χ1n) is 18.8. The summed E-state index contributed by atoms with van der Waals surface area (Å²) in [5, 5.41) is 0. The predicted molar refractivity (Wildman–Crippen MR) is 223 cm³/mol. The van der Waals surface area contributed by atoms with Gasteiger partial charge in [-0.25, -0.2) is 15.0 Å². The maximum atomic E-state index is 5.33. The summed E-state index contributed by atoms with van der Waals surface area (Å²) >= 11 is 0. The van der Waals surface area contributed by atoms with Crippen LogP contribution in [0.25, 0.3) is 78.7 Å². The van der Waals surface area contributed by atoms with E-state index in [1.54, 1.807) is 0 Å². The molecule has 0 aliphatic heterocycles. The van der Waals surface area contributed by atoms with Crippen LogP contribution in [0.3, 0.4) is 0 Å². The number of hydrogen-bond donors (Lipinski definition) is 0. The van der Waals surface area contributed by atoms with E-state index < -0.39 is 5.41 Å². The van der Waals surface area contributed by atoms with E-state index in [2.05, 4.69) is 182 Å². The molecular weight excluding hydrogens is 667 g/mol. The van der Waals surface area contributed by atoms with Crippen LogP contribution >= 0.6 is 0 Å². The smallest absolute Gasteiger partial charge is 0.164 e. The van der Waals surface area contributed by atoms with Gasteiger partial charge in [0, 0.05) is 16.7 Å². The lowest BCUT2D eigenvalue weighted by atomic mass is 9.70. The minimum atomic E-state index is -0.449. The molecule has 0 atom stereocenters. The van der Waals surface area contributed by atoms with Gasteiger partial charge in [0.2, 0.25) is 0 Å². The van der Waals surface area contributed by atoms with Gasteiger partial charge < -0.3 is 0 Å². The molecule has 0 bridgehead atoms. The Kier molecular flexibility index (Phi) is 7.08.